The average Bonchev–Trinajstić information content (AvgIpc) is 2.56. The average molecular weight is 351 g/mol. The molecule has 5 nitrogen and oxygen atoms in total. The third kappa shape index (κ3) is 5.59. The summed E-state index contributed by atoms with van der Waals surface area (Å²) in [5.74, 6) is -1.67. The summed E-state index contributed by atoms with van der Waals surface area (Å²) in [7, 11) is -3.77. The van der Waals surface area contributed by atoms with E-state index in [4.69, 9.17) is 5.73 Å². The number of carboxylic acid groups (broad SMARTS) is 1. The van der Waals surface area contributed by atoms with Crippen LogP contribution in [0.4, 0.5) is 0 Å². The van der Waals surface area contributed by atoms with E-state index in [0.29, 0.717) is 17.9 Å². The van der Waals surface area contributed by atoms with Gasteiger partial charge in [0.25, 0.3) is 0 Å². The molecule has 1 fully saturated rings. The van der Waals surface area contributed by atoms with Gasteiger partial charge in [0.05, 0.1) is 11.9 Å². The van der Waals surface area contributed by atoms with E-state index in [2.05, 4.69) is 0 Å². The van der Waals surface area contributed by atoms with Gasteiger partial charge in [-0.3, -0.25) is 4.57 Å². The maximum absolute atomic E-state index is 12.6. The number of carbonyl (C=O) groups is 1. The van der Waals surface area contributed by atoms with Crippen molar-refractivity contribution in [2.24, 2.45) is 11.7 Å². The van der Waals surface area contributed by atoms with Crippen LogP contribution in [-0.2, 0) is 9.36 Å². The summed E-state index contributed by atoms with van der Waals surface area (Å²) in [5, 5.41) is 9.36. The van der Waals surface area contributed by atoms with E-state index in [0.717, 1.165) is 25.7 Å². The highest BCUT2D eigenvalue weighted by Crippen LogP contribution is 2.49. The molecule has 0 bridgehead atoms. The molecule has 0 radical (unpaired) electrons. The molecular weight excluding hydrogens is 325 g/mol. The van der Waals surface area contributed by atoms with Gasteiger partial charge in [0.1, 0.15) is 0 Å². The van der Waals surface area contributed by atoms with Gasteiger partial charge in [-0.2, -0.15) is 0 Å². The van der Waals surface area contributed by atoms with Crippen LogP contribution < -0.4 is 5.73 Å². The van der Waals surface area contributed by atoms with Crippen molar-refractivity contribution >= 4 is 19.4 Å². The molecule has 4 N–H and O–H groups in total. The first-order valence-electron chi connectivity index (χ1n) is 8.44. The first-order chi connectivity index (χ1) is 11.4. The lowest BCUT2D eigenvalue weighted by Gasteiger charge is -2.27. The zero-order chi connectivity index (χ0) is 17.6. The van der Waals surface area contributed by atoms with Gasteiger partial charge in [0.15, 0.2) is 0 Å². The molecule has 24 heavy (non-hydrogen) atoms. The molecule has 1 aliphatic rings. The van der Waals surface area contributed by atoms with E-state index in [9.17, 15) is 19.4 Å². The fraction of sp³-hybridized carbons (Fsp3) is 0.500. The standard InChI is InChI=1S/C18H26NO4P/c19-17(12-15-9-5-2-6-10-15)24(22,23)13-16(18(20)21)11-14-7-3-1-4-8-14/h1,3-4,7-8,11,15,17H,2,5-6,9-10,12-13,19H2,(H,20,21)(H,22,23)/b16-11+. The van der Waals surface area contributed by atoms with E-state index in [1.165, 1.54) is 12.5 Å². The van der Waals surface area contributed by atoms with E-state index in [1.807, 2.05) is 6.07 Å². The second-order valence-corrected chi connectivity index (χ2v) is 9.10. The van der Waals surface area contributed by atoms with Gasteiger partial charge in [-0.25, -0.2) is 4.79 Å². The summed E-state index contributed by atoms with van der Waals surface area (Å²) < 4.78 is 12.6. The summed E-state index contributed by atoms with van der Waals surface area (Å²) >= 11 is 0. The van der Waals surface area contributed by atoms with Crippen molar-refractivity contribution in [3.63, 3.8) is 0 Å². The Kier molecular flexibility index (Phi) is 6.79. The topological polar surface area (TPSA) is 101 Å². The minimum atomic E-state index is -3.77. The number of aliphatic carboxylic acids is 1. The first-order valence-corrected chi connectivity index (χ1v) is 10.4. The highest BCUT2D eigenvalue weighted by atomic mass is 31.2. The second kappa shape index (κ2) is 8.61. The van der Waals surface area contributed by atoms with Crippen LogP contribution in [0.25, 0.3) is 6.08 Å². The molecule has 1 saturated carbocycles. The van der Waals surface area contributed by atoms with Crippen LogP contribution >= 0.6 is 7.37 Å². The van der Waals surface area contributed by atoms with Gasteiger partial charge in [0.2, 0.25) is 7.37 Å². The molecule has 0 saturated heterocycles. The third-order valence-corrected chi connectivity index (χ3v) is 6.67. The third-order valence-electron chi connectivity index (χ3n) is 4.63. The summed E-state index contributed by atoms with van der Waals surface area (Å²) in [6, 6.07) is 8.92. The Bertz CT molecular complexity index is 623. The van der Waals surface area contributed by atoms with Crippen LogP contribution in [0.15, 0.2) is 35.9 Å². The highest BCUT2D eigenvalue weighted by molar-refractivity contribution is 7.59. The molecule has 0 heterocycles. The molecule has 0 spiro atoms. The van der Waals surface area contributed by atoms with Crippen molar-refractivity contribution in [2.45, 2.75) is 44.3 Å². The Morgan fingerprint density at radius 2 is 1.88 bits per heavy atom. The summed E-state index contributed by atoms with van der Waals surface area (Å²) in [6.07, 6.45) is 7.11. The van der Waals surface area contributed by atoms with Crippen LogP contribution in [-0.4, -0.2) is 27.9 Å². The lowest BCUT2D eigenvalue weighted by molar-refractivity contribution is -0.132. The Hall–Kier alpha value is -1.42. The molecule has 2 atom stereocenters. The number of hydrogen-bond donors (Lipinski definition) is 3. The van der Waals surface area contributed by atoms with Crippen LogP contribution in [0.2, 0.25) is 0 Å². The normalized spacial score (nSPS) is 20.3. The highest BCUT2D eigenvalue weighted by Gasteiger charge is 2.32. The van der Waals surface area contributed by atoms with Crippen molar-refractivity contribution in [3.8, 4) is 0 Å². The van der Waals surface area contributed by atoms with Crippen molar-refractivity contribution in [1.82, 2.24) is 0 Å². The Balaban J connectivity index is 2.07. The van der Waals surface area contributed by atoms with Crippen molar-refractivity contribution < 1.29 is 19.4 Å². The molecule has 0 aliphatic heterocycles. The number of rotatable bonds is 7. The molecule has 2 rings (SSSR count). The lowest BCUT2D eigenvalue weighted by atomic mass is 9.87. The molecule has 1 aromatic carbocycles. The van der Waals surface area contributed by atoms with Gasteiger partial charge in [0, 0.05) is 5.57 Å². The van der Waals surface area contributed by atoms with Gasteiger partial charge in [-0.05, 0) is 24.0 Å². The number of hydrogen-bond acceptors (Lipinski definition) is 3. The maximum atomic E-state index is 12.6. The SMILES string of the molecule is NC(CC1CCCCC1)P(=O)(O)C/C(=C\c1ccccc1)C(=O)O. The summed E-state index contributed by atoms with van der Waals surface area (Å²) in [4.78, 5) is 21.8. The largest absolute Gasteiger partial charge is 0.478 e. The van der Waals surface area contributed by atoms with E-state index in [-0.39, 0.29) is 5.57 Å². The summed E-state index contributed by atoms with van der Waals surface area (Å²) in [5.41, 5.74) is 6.60. The second-order valence-electron chi connectivity index (χ2n) is 6.61. The first kappa shape index (κ1) is 18.9. The lowest BCUT2D eigenvalue weighted by Crippen LogP contribution is -2.27. The van der Waals surface area contributed by atoms with Crippen molar-refractivity contribution in [3.05, 3.63) is 41.5 Å². The minimum absolute atomic E-state index is 0.0777. The quantitative estimate of drug-likeness (QED) is 0.514. The molecule has 6 heteroatoms. The van der Waals surface area contributed by atoms with Crippen LogP contribution in [0.3, 0.4) is 0 Å². The van der Waals surface area contributed by atoms with E-state index >= 15 is 0 Å². The molecule has 2 unspecified atom stereocenters. The van der Waals surface area contributed by atoms with Gasteiger partial charge in [-0.15, -0.1) is 0 Å². The Morgan fingerprint density at radius 1 is 1.25 bits per heavy atom. The van der Waals surface area contributed by atoms with Crippen LogP contribution in [0.5, 0.6) is 0 Å². The molecular formula is C18H26NO4P. The van der Waals surface area contributed by atoms with Crippen LogP contribution in [0.1, 0.15) is 44.1 Å². The number of benzene rings is 1. The molecule has 132 valence electrons. The van der Waals surface area contributed by atoms with E-state index < -0.39 is 25.3 Å². The summed E-state index contributed by atoms with van der Waals surface area (Å²) in [6.45, 7) is 0. The molecule has 1 aromatic rings. The Morgan fingerprint density at radius 3 is 2.46 bits per heavy atom. The fourth-order valence-electron chi connectivity index (χ4n) is 3.22. The van der Waals surface area contributed by atoms with Crippen LogP contribution in [0, 0.1) is 5.92 Å². The minimum Gasteiger partial charge on any atom is -0.478 e. The van der Waals surface area contributed by atoms with Crippen molar-refractivity contribution in [1.29, 1.82) is 0 Å². The Labute approximate surface area is 143 Å². The molecule has 0 amide bonds. The monoisotopic (exact) mass is 351 g/mol. The van der Waals surface area contributed by atoms with Gasteiger partial charge in [-0.1, -0.05) is 62.4 Å². The maximum Gasteiger partial charge on any atom is 0.332 e. The van der Waals surface area contributed by atoms with Gasteiger partial charge < -0.3 is 15.7 Å². The number of carboxylic acids is 1. The molecule has 1 aliphatic carbocycles. The fourth-order valence-corrected chi connectivity index (χ4v) is 4.79. The van der Waals surface area contributed by atoms with E-state index in [1.54, 1.807) is 24.3 Å². The smallest absolute Gasteiger partial charge is 0.332 e. The zero-order valence-electron chi connectivity index (χ0n) is 13.8. The molecule has 0 aromatic heterocycles. The zero-order valence-corrected chi connectivity index (χ0v) is 14.7. The predicted octanol–water partition coefficient (Wildman–Crippen LogP) is 3.68. The van der Waals surface area contributed by atoms with Gasteiger partial charge >= 0.3 is 5.97 Å². The predicted molar refractivity (Wildman–Crippen MR) is 95.9 cm³/mol. The number of nitrogens with two attached hydrogens (primary N) is 1. The van der Waals surface area contributed by atoms with Crippen molar-refractivity contribution in [2.75, 3.05) is 6.16 Å².